The highest BCUT2D eigenvalue weighted by atomic mass is 32.1. The maximum atomic E-state index is 13.7. The van der Waals surface area contributed by atoms with Gasteiger partial charge in [0, 0.05) is 31.4 Å². The van der Waals surface area contributed by atoms with Crippen molar-refractivity contribution in [3.05, 3.63) is 76.9 Å². The van der Waals surface area contributed by atoms with Gasteiger partial charge in [0.05, 0.1) is 28.1 Å². The summed E-state index contributed by atoms with van der Waals surface area (Å²) in [5, 5.41) is 16.4. The second-order valence-electron chi connectivity index (χ2n) is 12.5. The monoisotopic (exact) mass is 647 g/mol. The molecule has 0 radical (unpaired) electrons. The SMILES string of the molecule is Cc1nc(Oc2ccccc2)ccc1N1C(=O)Nc2c(C(=O)N[C@@H]3CCCN(C(=O)/C(C#N)=C/C4(C)CCC4)C3)sc3nccc1c23. The normalized spacial score (nSPS) is 18.6. The lowest BCUT2D eigenvalue weighted by atomic mass is 9.69. The Morgan fingerprint density at radius 3 is 2.68 bits per heavy atom. The minimum Gasteiger partial charge on any atom is -0.439 e. The molecular formula is C35H33N7O4S. The number of benzene rings is 1. The quantitative estimate of drug-likeness (QED) is 0.165. The number of pyridine rings is 2. The summed E-state index contributed by atoms with van der Waals surface area (Å²) < 4.78 is 5.88. The molecule has 7 rings (SSSR count). The summed E-state index contributed by atoms with van der Waals surface area (Å²) in [5.74, 6) is 0.421. The molecule has 1 aromatic carbocycles. The van der Waals surface area contributed by atoms with Gasteiger partial charge in [0.15, 0.2) is 0 Å². The summed E-state index contributed by atoms with van der Waals surface area (Å²) in [6, 6.07) is 16.0. The van der Waals surface area contributed by atoms with Gasteiger partial charge < -0.3 is 20.3 Å². The van der Waals surface area contributed by atoms with Crippen molar-refractivity contribution >= 4 is 56.5 Å². The van der Waals surface area contributed by atoms with Gasteiger partial charge in [-0.3, -0.25) is 14.5 Å². The average molecular weight is 648 g/mol. The van der Waals surface area contributed by atoms with Crippen molar-refractivity contribution in [2.75, 3.05) is 23.3 Å². The molecule has 0 unspecified atom stereocenters. The molecule has 1 saturated carbocycles. The lowest BCUT2D eigenvalue weighted by Crippen LogP contribution is -2.50. The highest BCUT2D eigenvalue weighted by molar-refractivity contribution is 7.21. The Kier molecular flexibility index (Phi) is 7.85. The van der Waals surface area contributed by atoms with Crippen LogP contribution in [0.25, 0.3) is 10.2 Å². The number of aryl methyl sites for hydroxylation is 1. The van der Waals surface area contributed by atoms with E-state index in [1.54, 1.807) is 29.3 Å². The molecule has 1 atom stereocenters. The van der Waals surface area contributed by atoms with Crippen LogP contribution in [0.1, 0.15) is 54.4 Å². The molecule has 0 spiro atoms. The van der Waals surface area contributed by atoms with Crippen molar-refractivity contribution in [3.63, 3.8) is 0 Å². The topological polar surface area (TPSA) is 141 Å². The largest absolute Gasteiger partial charge is 0.439 e. The number of allylic oxidation sites excluding steroid dienone is 1. The third-order valence-electron chi connectivity index (χ3n) is 9.07. The van der Waals surface area contributed by atoms with E-state index >= 15 is 0 Å². The van der Waals surface area contributed by atoms with Crippen LogP contribution in [-0.2, 0) is 4.79 Å². The van der Waals surface area contributed by atoms with Gasteiger partial charge in [-0.15, -0.1) is 11.3 Å². The highest BCUT2D eigenvalue weighted by Gasteiger charge is 2.36. The first kappa shape index (κ1) is 30.4. The molecule has 47 heavy (non-hydrogen) atoms. The van der Waals surface area contributed by atoms with Gasteiger partial charge in [-0.05, 0) is 62.3 Å². The van der Waals surface area contributed by atoms with E-state index < -0.39 is 6.03 Å². The van der Waals surface area contributed by atoms with E-state index in [2.05, 4.69) is 33.6 Å². The number of urea groups is 1. The van der Waals surface area contributed by atoms with Gasteiger partial charge in [0.25, 0.3) is 11.8 Å². The summed E-state index contributed by atoms with van der Waals surface area (Å²) >= 11 is 1.20. The zero-order valence-corrected chi connectivity index (χ0v) is 26.9. The predicted octanol–water partition coefficient (Wildman–Crippen LogP) is 6.84. The van der Waals surface area contributed by atoms with Crippen molar-refractivity contribution in [1.29, 1.82) is 5.26 Å². The fourth-order valence-corrected chi connectivity index (χ4v) is 7.51. The molecule has 5 heterocycles. The van der Waals surface area contributed by atoms with Crippen LogP contribution < -0.4 is 20.3 Å². The second-order valence-corrected chi connectivity index (χ2v) is 13.5. The number of nitrogens with zero attached hydrogens (tertiary/aromatic N) is 5. The molecule has 0 bridgehead atoms. The lowest BCUT2D eigenvalue weighted by molar-refractivity contribution is -0.128. The van der Waals surface area contributed by atoms with Crippen LogP contribution in [0.15, 0.2) is 66.4 Å². The van der Waals surface area contributed by atoms with E-state index in [9.17, 15) is 19.6 Å². The molecule has 2 fully saturated rings. The summed E-state index contributed by atoms with van der Waals surface area (Å²) in [5.41, 5.74) is 2.23. The molecule has 12 heteroatoms. The Hall–Kier alpha value is -5.28. The van der Waals surface area contributed by atoms with Crippen LogP contribution in [0.5, 0.6) is 11.6 Å². The molecule has 4 aromatic rings. The maximum absolute atomic E-state index is 13.7. The number of carbonyl (C=O) groups is 3. The Morgan fingerprint density at radius 2 is 1.96 bits per heavy atom. The van der Waals surface area contributed by atoms with Crippen molar-refractivity contribution in [1.82, 2.24) is 20.2 Å². The Balaban J connectivity index is 1.11. The molecule has 3 aliphatic rings. The lowest BCUT2D eigenvalue weighted by Gasteiger charge is -2.37. The van der Waals surface area contributed by atoms with Crippen LogP contribution >= 0.6 is 11.3 Å². The number of ether oxygens (including phenoxy) is 1. The maximum Gasteiger partial charge on any atom is 0.331 e. The zero-order chi connectivity index (χ0) is 32.7. The molecule has 2 N–H and O–H groups in total. The zero-order valence-electron chi connectivity index (χ0n) is 26.1. The van der Waals surface area contributed by atoms with Crippen molar-refractivity contribution in [3.8, 4) is 17.7 Å². The summed E-state index contributed by atoms with van der Waals surface area (Å²) in [6.45, 7) is 4.72. The number of anilines is 3. The number of rotatable bonds is 7. The van der Waals surface area contributed by atoms with E-state index in [-0.39, 0.29) is 28.8 Å². The van der Waals surface area contributed by atoms with E-state index in [1.165, 1.54) is 16.2 Å². The minimum atomic E-state index is -0.426. The minimum absolute atomic E-state index is 0.102. The van der Waals surface area contributed by atoms with E-state index in [4.69, 9.17) is 4.74 Å². The number of hydrogen-bond donors (Lipinski definition) is 2. The average Bonchev–Trinajstić information content (AvgIpc) is 3.43. The van der Waals surface area contributed by atoms with Crippen LogP contribution in [0.3, 0.4) is 0 Å². The van der Waals surface area contributed by atoms with Gasteiger partial charge >= 0.3 is 6.03 Å². The van der Waals surface area contributed by atoms with E-state index in [0.29, 0.717) is 75.4 Å². The van der Waals surface area contributed by atoms with Gasteiger partial charge in [0.1, 0.15) is 27.1 Å². The summed E-state index contributed by atoms with van der Waals surface area (Å²) in [6.07, 6.45) is 7.88. The highest BCUT2D eigenvalue weighted by Crippen LogP contribution is 2.46. The Labute approximate surface area is 275 Å². The number of carbonyl (C=O) groups excluding carboxylic acids is 3. The fourth-order valence-electron chi connectivity index (χ4n) is 6.49. The van der Waals surface area contributed by atoms with E-state index in [0.717, 1.165) is 19.3 Å². The first-order chi connectivity index (χ1) is 22.7. The second kappa shape index (κ2) is 12.1. The number of hydrogen-bond acceptors (Lipinski definition) is 8. The number of aromatic nitrogens is 2. The summed E-state index contributed by atoms with van der Waals surface area (Å²) in [7, 11) is 0. The number of likely N-dealkylation sites (tertiary alicyclic amines) is 1. The standard InChI is InChI=1S/C35H33N7O4S/c1-21-25(11-12-27(38-21)46-24-9-4-3-5-10-24)42-26-13-16-37-32-28(26)29(40-34(42)45)30(47-32)31(43)39-23-8-6-17-41(20-23)33(44)22(19-36)18-35(2)14-7-15-35/h3-5,9-13,16,18,23H,6-8,14-15,17,20H2,1-2H3,(H,39,43)(H,40,45)/b22-18+/t23-/m1/s1. The van der Waals surface area contributed by atoms with Gasteiger partial charge in [-0.25, -0.2) is 14.8 Å². The number of nitriles is 1. The van der Waals surface area contributed by atoms with Crippen LogP contribution in [0, 0.1) is 23.7 Å². The van der Waals surface area contributed by atoms with Gasteiger partial charge in [-0.1, -0.05) is 37.6 Å². The first-order valence-corrected chi connectivity index (χ1v) is 16.5. The molecule has 1 saturated heterocycles. The first-order valence-electron chi connectivity index (χ1n) is 15.7. The van der Waals surface area contributed by atoms with Gasteiger partial charge in [-0.2, -0.15) is 5.26 Å². The molecule has 238 valence electrons. The fraction of sp³-hybridized carbons (Fsp3) is 0.314. The molecular weight excluding hydrogens is 614 g/mol. The molecule has 3 aromatic heterocycles. The molecule has 11 nitrogen and oxygen atoms in total. The molecule has 1 aliphatic carbocycles. The Morgan fingerprint density at radius 1 is 1.15 bits per heavy atom. The van der Waals surface area contributed by atoms with E-state index in [1.807, 2.05) is 43.3 Å². The Bertz CT molecular complexity index is 1980. The number of thiophene rings is 1. The van der Waals surface area contributed by atoms with Crippen molar-refractivity contribution < 1.29 is 19.1 Å². The molecule has 2 aliphatic heterocycles. The van der Waals surface area contributed by atoms with Gasteiger partial charge in [0.2, 0.25) is 5.88 Å². The third kappa shape index (κ3) is 5.79. The smallest absolute Gasteiger partial charge is 0.331 e. The molecule has 4 amide bonds. The number of amides is 4. The number of nitrogens with one attached hydrogen (secondary N) is 2. The van der Waals surface area contributed by atoms with Crippen LogP contribution in [-0.4, -0.2) is 51.8 Å². The number of piperidine rings is 1. The third-order valence-corrected chi connectivity index (χ3v) is 10.2. The van der Waals surface area contributed by atoms with Crippen LogP contribution in [0.2, 0.25) is 0 Å². The summed E-state index contributed by atoms with van der Waals surface area (Å²) in [4.78, 5) is 53.9. The van der Waals surface area contributed by atoms with Crippen molar-refractivity contribution in [2.24, 2.45) is 5.41 Å². The number of para-hydroxylation sites is 1. The predicted molar refractivity (Wildman–Crippen MR) is 179 cm³/mol. The van der Waals surface area contributed by atoms with Crippen LogP contribution in [0.4, 0.5) is 21.9 Å². The van der Waals surface area contributed by atoms with Crippen molar-refractivity contribution in [2.45, 2.75) is 52.0 Å².